The number of carbonyl (C=O) groups is 1. The zero-order valence-corrected chi connectivity index (χ0v) is 11.9. The molecule has 0 saturated heterocycles. The number of nitrogens with two attached hydrogens (primary N) is 1. The quantitative estimate of drug-likeness (QED) is 0.850. The first-order valence-electron chi connectivity index (χ1n) is 6.50. The van der Waals surface area contributed by atoms with Crippen molar-refractivity contribution in [3.05, 3.63) is 53.3 Å². The molecule has 0 atom stereocenters. The highest BCUT2D eigenvalue weighted by molar-refractivity contribution is 5.94. The average Bonchev–Trinajstić information content (AvgIpc) is 2.41. The zero-order valence-electron chi connectivity index (χ0n) is 11.9. The van der Waals surface area contributed by atoms with Crippen LogP contribution in [0.1, 0.15) is 11.1 Å². The highest BCUT2D eigenvalue weighted by atomic mass is 19.1. The van der Waals surface area contributed by atoms with Crippen LogP contribution < -0.4 is 15.8 Å². The number of aryl methyl sites for hydroxylation is 2. The van der Waals surface area contributed by atoms with Crippen LogP contribution in [0, 0.1) is 19.7 Å². The van der Waals surface area contributed by atoms with Gasteiger partial charge >= 0.3 is 0 Å². The number of hydrogen-bond acceptors (Lipinski definition) is 3. The van der Waals surface area contributed by atoms with Crippen molar-refractivity contribution in [1.82, 2.24) is 0 Å². The number of carbonyl (C=O) groups excluding carboxylic acids is 1. The molecule has 0 heterocycles. The van der Waals surface area contributed by atoms with E-state index in [1.54, 1.807) is 0 Å². The predicted octanol–water partition coefficient (Wildman–Crippen LogP) is 3.04. The van der Waals surface area contributed by atoms with Crippen molar-refractivity contribution in [2.24, 2.45) is 0 Å². The van der Waals surface area contributed by atoms with Gasteiger partial charge in [0.1, 0.15) is 11.6 Å². The Bertz CT molecular complexity index is 671. The van der Waals surface area contributed by atoms with Gasteiger partial charge in [-0.2, -0.15) is 0 Å². The minimum Gasteiger partial charge on any atom is -0.483 e. The Kier molecular flexibility index (Phi) is 4.42. The summed E-state index contributed by atoms with van der Waals surface area (Å²) in [5, 5.41) is 2.58. The molecule has 2 aromatic rings. The molecule has 1 amide bonds. The lowest BCUT2D eigenvalue weighted by molar-refractivity contribution is -0.118. The van der Waals surface area contributed by atoms with Gasteiger partial charge in [-0.05, 0) is 43.7 Å². The van der Waals surface area contributed by atoms with Gasteiger partial charge in [-0.1, -0.05) is 17.7 Å². The predicted molar refractivity (Wildman–Crippen MR) is 80.9 cm³/mol. The fraction of sp³-hybridized carbons (Fsp3) is 0.188. The summed E-state index contributed by atoms with van der Waals surface area (Å²) in [4.78, 5) is 11.8. The van der Waals surface area contributed by atoms with Gasteiger partial charge in [0.05, 0.1) is 11.4 Å². The van der Waals surface area contributed by atoms with E-state index in [2.05, 4.69) is 5.32 Å². The van der Waals surface area contributed by atoms with Crippen LogP contribution in [0.4, 0.5) is 15.8 Å². The molecule has 0 aliphatic heterocycles. The molecule has 110 valence electrons. The van der Waals surface area contributed by atoms with Crippen LogP contribution in [0.2, 0.25) is 0 Å². The number of anilines is 2. The molecule has 0 aromatic heterocycles. The second kappa shape index (κ2) is 6.26. The van der Waals surface area contributed by atoms with E-state index in [0.29, 0.717) is 11.4 Å². The van der Waals surface area contributed by atoms with E-state index < -0.39 is 5.82 Å². The maximum Gasteiger partial charge on any atom is 0.262 e. The maximum absolute atomic E-state index is 12.9. The van der Waals surface area contributed by atoms with Crippen molar-refractivity contribution in [2.45, 2.75) is 13.8 Å². The molecular formula is C16H17FN2O2. The van der Waals surface area contributed by atoms with Gasteiger partial charge in [0, 0.05) is 0 Å². The highest BCUT2D eigenvalue weighted by Crippen LogP contribution is 2.20. The minimum absolute atomic E-state index is 0.138. The standard InChI is InChI=1S/C16H17FN2O2/c1-10-3-6-15(11(2)7-10)21-9-16(20)19-14-5-4-12(17)8-13(14)18/h3-8H,9,18H2,1-2H3,(H,19,20). The molecular weight excluding hydrogens is 271 g/mol. The largest absolute Gasteiger partial charge is 0.483 e. The summed E-state index contributed by atoms with van der Waals surface area (Å²) in [5.74, 6) is -0.145. The number of ether oxygens (including phenoxy) is 1. The molecule has 2 aromatic carbocycles. The third-order valence-electron chi connectivity index (χ3n) is 2.98. The van der Waals surface area contributed by atoms with E-state index in [0.717, 1.165) is 17.2 Å². The van der Waals surface area contributed by atoms with Gasteiger partial charge in [0.15, 0.2) is 6.61 Å². The fourth-order valence-corrected chi connectivity index (χ4v) is 1.94. The lowest BCUT2D eigenvalue weighted by atomic mass is 10.1. The maximum atomic E-state index is 12.9. The van der Waals surface area contributed by atoms with Crippen LogP contribution >= 0.6 is 0 Å². The SMILES string of the molecule is Cc1ccc(OCC(=O)Nc2ccc(F)cc2N)c(C)c1. The van der Waals surface area contributed by atoms with Crippen LogP contribution in [0.5, 0.6) is 5.75 Å². The molecule has 21 heavy (non-hydrogen) atoms. The van der Waals surface area contributed by atoms with Crippen LogP contribution in [0.25, 0.3) is 0 Å². The Labute approximate surface area is 122 Å². The van der Waals surface area contributed by atoms with Gasteiger partial charge in [0.2, 0.25) is 0 Å². The average molecular weight is 288 g/mol. The van der Waals surface area contributed by atoms with Crippen LogP contribution in [0.15, 0.2) is 36.4 Å². The molecule has 0 saturated carbocycles. The Morgan fingerprint density at radius 2 is 2.00 bits per heavy atom. The second-order valence-corrected chi connectivity index (χ2v) is 4.84. The number of nitrogens with one attached hydrogen (secondary N) is 1. The van der Waals surface area contributed by atoms with Crippen molar-refractivity contribution in [3.8, 4) is 5.75 Å². The Morgan fingerprint density at radius 3 is 2.67 bits per heavy atom. The first-order chi connectivity index (χ1) is 9.95. The summed E-state index contributed by atoms with van der Waals surface area (Å²) in [7, 11) is 0. The van der Waals surface area contributed by atoms with Crippen molar-refractivity contribution in [3.63, 3.8) is 0 Å². The van der Waals surface area contributed by atoms with E-state index in [-0.39, 0.29) is 18.2 Å². The Hall–Kier alpha value is -2.56. The van der Waals surface area contributed by atoms with Gasteiger partial charge in [-0.3, -0.25) is 4.79 Å². The van der Waals surface area contributed by atoms with E-state index in [1.807, 2.05) is 32.0 Å². The minimum atomic E-state index is -0.447. The molecule has 0 unspecified atom stereocenters. The van der Waals surface area contributed by atoms with Crippen LogP contribution in [0.3, 0.4) is 0 Å². The summed E-state index contributed by atoms with van der Waals surface area (Å²) in [6, 6.07) is 9.52. The molecule has 0 aliphatic rings. The van der Waals surface area contributed by atoms with E-state index in [9.17, 15) is 9.18 Å². The number of nitrogen functional groups attached to an aromatic ring is 1. The summed E-state index contributed by atoms with van der Waals surface area (Å²) < 4.78 is 18.4. The van der Waals surface area contributed by atoms with Crippen molar-refractivity contribution in [1.29, 1.82) is 0 Å². The molecule has 2 rings (SSSR count). The first-order valence-corrected chi connectivity index (χ1v) is 6.50. The van der Waals surface area contributed by atoms with Crippen molar-refractivity contribution >= 4 is 17.3 Å². The Balaban J connectivity index is 1.96. The highest BCUT2D eigenvalue weighted by Gasteiger charge is 2.08. The van der Waals surface area contributed by atoms with Gasteiger partial charge in [-0.15, -0.1) is 0 Å². The smallest absolute Gasteiger partial charge is 0.262 e. The van der Waals surface area contributed by atoms with Crippen molar-refractivity contribution in [2.75, 3.05) is 17.7 Å². The van der Waals surface area contributed by atoms with Crippen LogP contribution in [-0.2, 0) is 4.79 Å². The zero-order chi connectivity index (χ0) is 15.4. The van der Waals surface area contributed by atoms with Gasteiger partial charge in [-0.25, -0.2) is 4.39 Å². The number of rotatable bonds is 4. The van der Waals surface area contributed by atoms with Crippen LogP contribution in [-0.4, -0.2) is 12.5 Å². The van der Waals surface area contributed by atoms with Gasteiger partial charge < -0.3 is 15.8 Å². The summed E-state index contributed by atoms with van der Waals surface area (Å²) in [6.45, 7) is 3.76. The van der Waals surface area contributed by atoms with E-state index >= 15 is 0 Å². The molecule has 3 N–H and O–H groups in total. The molecule has 0 fully saturated rings. The molecule has 0 bridgehead atoms. The third-order valence-corrected chi connectivity index (χ3v) is 2.98. The monoisotopic (exact) mass is 288 g/mol. The molecule has 4 nitrogen and oxygen atoms in total. The lowest BCUT2D eigenvalue weighted by Crippen LogP contribution is -2.21. The summed E-state index contributed by atoms with van der Waals surface area (Å²) >= 11 is 0. The summed E-state index contributed by atoms with van der Waals surface area (Å²) in [6.07, 6.45) is 0. The van der Waals surface area contributed by atoms with E-state index in [4.69, 9.17) is 10.5 Å². The number of amides is 1. The first kappa shape index (κ1) is 14.8. The number of hydrogen-bond donors (Lipinski definition) is 2. The van der Waals surface area contributed by atoms with Crippen molar-refractivity contribution < 1.29 is 13.9 Å². The molecule has 0 radical (unpaired) electrons. The Morgan fingerprint density at radius 1 is 1.24 bits per heavy atom. The second-order valence-electron chi connectivity index (χ2n) is 4.84. The third kappa shape index (κ3) is 3.95. The summed E-state index contributed by atoms with van der Waals surface area (Å²) in [5.41, 5.74) is 8.25. The normalized spacial score (nSPS) is 10.2. The molecule has 0 spiro atoms. The lowest BCUT2D eigenvalue weighted by Gasteiger charge is -2.11. The topological polar surface area (TPSA) is 64.3 Å². The van der Waals surface area contributed by atoms with E-state index in [1.165, 1.54) is 12.1 Å². The number of benzene rings is 2. The van der Waals surface area contributed by atoms with Gasteiger partial charge in [0.25, 0.3) is 5.91 Å². The fourth-order valence-electron chi connectivity index (χ4n) is 1.94. The molecule has 0 aliphatic carbocycles. The molecule has 5 heteroatoms. The number of halogens is 1.